The number of aromatic nitrogens is 2. The second-order valence-electron chi connectivity index (χ2n) is 2.44. The Labute approximate surface area is 65.8 Å². The van der Waals surface area contributed by atoms with Crippen molar-refractivity contribution in [1.29, 1.82) is 0 Å². The highest BCUT2D eigenvalue weighted by molar-refractivity contribution is 4.78. The van der Waals surface area contributed by atoms with Crippen LogP contribution in [0.25, 0.3) is 0 Å². The molecule has 0 saturated carbocycles. The number of nitrogens with zero attached hydrogens (tertiary/aromatic N) is 2. The molecule has 0 radical (unpaired) electrons. The van der Waals surface area contributed by atoms with E-state index in [1.54, 1.807) is 10.9 Å². The first-order valence-corrected chi connectivity index (χ1v) is 3.63. The lowest BCUT2D eigenvalue weighted by Gasteiger charge is -2.08. The molecular formula is C7H13N3O. The third-order valence-electron chi connectivity index (χ3n) is 1.40. The van der Waals surface area contributed by atoms with Crippen LogP contribution in [0.15, 0.2) is 18.5 Å². The summed E-state index contributed by atoms with van der Waals surface area (Å²) in [6, 6.07) is 1.84. The topological polar surface area (TPSA) is 50.1 Å². The zero-order valence-electron chi connectivity index (χ0n) is 6.57. The molecule has 0 aliphatic heterocycles. The highest BCUT2D eigenvalue weighted by Crippen LogP contribution is 1.88. The predicted molar refractivity (Wildman–Crippen MR) is 42.2 cm³/mol. The molecule has 0 aliphatic rings. The van der Waals surface area contributed by atoms with Crippen LogP contribution in [-0.4, -0.2) is 34.6 Å². The Bertz CT molecular complexity index is 186. The minimum absolute atomic E-state index is 0.361. The van der Waals surface area contributed by atoms with Crippen molar-refractivity contribution in [3.8, 4) is 0 Å². The number of aliphatic hydroxyl groups is 1. The van der Waals surface area contributed by atoms with E-state index in [0.717, 1.165) is 0 Å². The van der Waals surface area contributed by atoms with Gasteiger partial charge in [-0.15, -0.1) is 0 Å². The van der Waals surface area contributed by atoms with Crippen LogP contribution >= 0.6 is 0 Å². The van der Waals surface area contributed by atoms with Gasteiger partial charge in [-0.3, -0.25) is 4.68 Å². The van der Waals surface area contributed by atoms with Gasteiger partial charge in [0.15, 0.2) is 0 Å². The van der Waals surface area contributed by atoms with Gasteiger partial charge < -0.3 is 10.4 Å². The maximum Gasteiger partial charge on any atom is 0.0860 e. The number of nitrogens with one attached hydrogen (secondary N) is 1. The molecule has 1 aromatic heterocycles. The van der Waals surface area contributed by atoms with Crippen molar-refractivity contribution in [3.05, 3.63) is 18.5 Å². The normalized spacial score (nSPS) is 13.3. The largest absolute Gasteiger partial charge is 0.390 e. The van der Waals surface area contributed by atoms with E-state index in [9.17, 15) is 5.11 Å². The number of hydrogen-bond donors (Lipinski definition) is 2. The summed E-state index contributed by atoms with van der Waals surface area (Å²) in [5, 5.41) is 16.2. The highest BCUT2D eigenvalue weighted by atomic mass is 16.3. The number of hydrogen-bond acceptors (Lipinski definition) is 3. The molecule has 0 spiro atoms. The van der Waals surface area contributed by atoms with E-state index in [1.807, 2.05) is 19.3 Å². The number of aliphatic hydroxyl groups excluding tert-OH is 1. The van der Waals surface area contributed by atoms with Gasteiger partial charge in [-0.2, -0.15) is 5.10 Å². The smallest absolute Gasteiger partial charge is 0.0860 e. The summed E-state index contributed by atoms with van der Waals surface area (Å²) < 4.78 is 1.71. The van der Waals surface area contributed by atoms with E-state index in [-0.39, 0.29) is 6.10 Å². The second kappa shape index (κ2) is 4.10. The van der Waals surface area contributed by atoms with Crippen LogP contribution in [-0.2, 0) is 6.54 Å². The lowest BCUT2D eigenvalue weighted by atomic mass is 10.3. The quantitative estimate of drug-likeness (QED) is 0.614. The van der Waals surface area contributed by atoms with Crippen molar-refractivity contribution in [2.45, 2.75) is 12.6 Å². The van der Waals surface area contributed by atoms with E-state index in [1.165, 1.54) is 0 Å². The van der Waals surface area contributed by atoms with E-state index in [0.29, 0.717) is 13.1 Å². The fraction of sp³-hybridized carbons (Fsp3) is 0.571. The molecule has 0 saturated heterocycles. The maximum absolute atomic E-state index is 9.30. The van der Waals surface area contributed by atoms with Gasteiger partial charge in [0, 0.05) is 18.9 Å². The Kier molecular flexibility index (Phi) is 3.07. The van der Waals surface area contributed by atoms with Crippen molar-refractivity contribution in [1.82, 2.24) is 15.1 Å². The Morgan fingerprint density at radius 3 is 3.09 bits per heavy atom. The molecule has 1 aromatic rings. The fourth-order valence-corrected chi connectivity index (χ4v) is 0.925. The van der Waals surface area contributed by atoms with Crippen molar-refractivity contribution >= 4 is 0 Å². The molecule has 4 nitrogen and oxygen atoms in total. The molecule has 1 unspecified atom stereocenters. The van der Waals surface area contributed by atoms with Gasteiger partial charge in [-0.1, -0.05) is 0 Å². The van der Waals surface area contributed by atoms with Gasteiger partial charge in [0.1, 0.15) is 0 Å². The van der Waals surface area contributed by atoms with Gasteiger partial charge in [0.2, 0.25) is 0 Å². The minimum atomic E-state index is -0.361. The molecule has 1 heterocycles. The molecule has 1 atom stereocenters. The van der Waals surface area contributed by atoms with Crippen LogP contribution < -0.4 is 5.32 Å². The summed E-state index contributed by atoms with van der Waals surface area (Å²) in [5.74, 6) is 0. The molecule has 0 fully saturated rings. The Morgan fingerprint density at radius 1 is 1.73 bits per heavy atom. The first kappa shape index (κ1) is 8.23. The van der Waals surface area contributed by atoms with Crippen LogP contribution in [0.3, 0.4) is 0 Å². The number of rotatable bonds is 4. The molecule has 0 amide bonds. The van der Waals surface area contributed by atoms with Crippen LogP contribution in [0.5, 0.6) is 0 Å². The molecule has 0 aliphatic carbocycles. The summed E-state index contributed by atoms with van der Waals surface area (Å²) in [6.45, 7) is 1.15. The zero-order chi connectivity index (χ0) is 8.10. The van der Waals surface area contributed by atoms with Gasteiger partial charge in [-0.05, 0) is 13.1 Å². The minimum Gasteiger partial charge on any atom is -0.390 e. The lowest BCUT2D eigenvalue weighted by molar-refractivity contribution is 0.149. The van der Waals surface area contributed by atoms with Gasteiger partial charge >= 0.3 is 0 Å². The van der Waals surface area contributed by atoms with Crippen LogP contribution in [0.1, 0.15) is 0 Å². The van der Waals surface area contributed by atoms with Crippen molar-refractivity contribution < 1.29 is 5.11 Å². The van der Waals surface area contributed by atoms with Crippen molar-refractivity contribution in [2.24, 2.45) is 0 Å². The van der Waals surface area contributed by atoms with Gasteiger partial charge in [0.05, 0.1) is 12.6 Å². The van der Waals surface area contributed by atoms with Gasteiger partial charge in [-0.25, -0.2) is 0 Å². The van der Waals surface area contributed by atoms with Crippen LogP contribution in [0.2, 0.25) is 0 Å². The maximum atomic E-state index is 9.30. The summed E-state index contributed by atoms with van der Waals surface area (Å²) in [7, 11) is 1.81. The monoisotopic (exact) mass is 155 g/mol. The highest BCUT2D eigenvalue weighted by Gasteiger charge is 2.02. The molecule has 4 heteroatoms. The summed E-state index contributed by atoms with van der Waals surface area (Å²) >= 11 is 0. The average Bonchev–Trinajstić information content (AvgIpc) is 2.40. The number of likely N-dealkylation sites (N-methyl/N-ethyl adjacent to an activating group) is 1. The molecule has 11 heavy (non-hydrogen) atoms. The van der Waals surface area contributed by atoms with Crippen LogP contribution in [0, 0.1) is 0 Å². The van der Waals surface area contributed by atoms with Crippen LogP contribution in [0.4, 0.5) is 0 Å². The predicted octanol–water partition coefficient (Wildman–Crippen LogP) is -0.537. The lowest BCUT2D eigenvalue weighted by Crippen LogP contribution is -2.27. The first-order valence-electron chi connectivity index (χ1n) is 3.63. The fourth-order valence-electron chi connectivity index (χ4n) is 0.925. The molecule has 62 valence electrons. The van der Waals surface area contributed by atoms with Gasteiger partial charge in [0.25, 0.3) is 0 Å². The Balaban J connectivity index is 2.31. The molecule has 2 N–H and O–H groups in total. The van der Waals surface area contributed by atoms with E-state index in [4.69, 9.17) is 0 Å². The van der Waals surface area contributed by atoms with E-state index < -0.39 is 0 Å². The summed E-state index contributed by atoms with van der Waals surface area (Å²) in [4.78, 5) is 0. The first-order chi connectivity index (χ1) is 5.33. The summed E-state index contributed by atoms with van der Waals surface area (Å²) in [6.07, 6.45) is 3.17. The van der Waals surface area contributed by atoms with E-state index >= 15 is 0 Å². The molecule has 0 bridgehead atoms. The van der Waals surface area contributed by atoms with Crippen molar-refractivity contribution in [2.75, 3.05) is 13.6 Å². The third kappa shape index (κ3) is 2.69. The van der Waals surface area contributed by atoms with Crippen molar-refractivity contribution in [3.63, 3.8) is 0 Å². The second-order valence-corrected chi connectivity index (χ2v) is 2.44. The Morgan fingerprint density at radius 2 is 2.55 bits per heavy atom. The standard InChI is InChI=1S/C7H13N3O/c1-8-5-7(11)6-10-4-2-3-9-10/h2-4,7-8,11H,5-6H2,1H3. The van der Waals surface area contributed by atoms with E-state index in [2.05, 4.69) is 10.4 Å². The average molecular weight is 155 g/mol. The molecule has 1 rings (SSSR count). The summed E-state index contributed by atoms with van der Waals surface area (Å²) in [5.41, 5.74) is 0. The third-order valence-corrected chi connectivity index (χ3v) is 1.40. The molecular weight excluding hydrogens is 142 g/mol. The molecule has 0 aromatic carbocycles. The SMILES string of the molecule is CNCC(O)Cn1cccn1. The zero-order valence-corrected chi connectivity index (χ0v) is 6.57. The Hall–Kier alpha value is -0.870.